The Bertz CT molecular complexity index is 221. The summed E-state index contributed by atoms with van der Waals surface area (Å²) in [5.41, 5.74) is 0. The van der Waals surface area contributed by atoms with E-state index in [9.17, 15) is 9.59 Å². The van der Waals surface area contributed by atoms with Gasteiger partial charge in [-0.3, -0.25) is 14.9 Å². The molecule has 2 N–H and O–H groups in total. The van der Waals surface area contributed by atoms with Crippen LogP contribution in [0.25, 0.3) is 0 Å². The number of halogens is 1. The van der Waals surface area contributed by atoms with Gasteiger partial charge in [0, 0.05) is 0 Å². The number of carboxylic acids is 1. The van der Waals surface area contributed by atoms with Crippen LogP contribution in [0.15, 0.2) is 0 Å². The highest BCUT2D eigenvalue weighted by Crippen LogP contribution is 2.13. The van der Waals surface area contributed by atoms with Crippen LogP contribution in [-0.2, 0) is 14.3 Å². The lowest BCUT2D eigenvalue weighted by Gasteiger charge is -2.26. The molecular weight excluding hydrogens is 210 g/mol. The molecule has 6 heteroatoms. The lowest BCUT2D eigenvalue weighted by molar-refractivity contribution is -0.146. The molecule has 1 aliphatic heterocycles. The topological polar surface area (TPSA) is 75.6 Å². The first kappa shape index (κ1) is 13.2. The largest absolute Gasteiger partial charge is 0.480 e. The van der Waals surface area contributed by atoms with E-state index in [0.717, 1.165) is 6.42 Å². The average molecular weight is 224 g/mol. The molecule has 1 aliphatic rings. The maximum absolute atomic E-state index is 11.1. The van der Waals surface area contributed by atoms with Crippen LogP contribution < -0.4 is 5.32 Å². The summed E-state index contributed by atoms with van der Waals surface area (Å²) < 4.78 is 4.52. The second-order valence-corrected chi connectivity index (χ2v) is 3.06. The predicted molar refractivity (Wildman–Crippen MR) is 51.5 cm³/mol. The van der Waals surface area contributed by atoms with Crippen molar-refractivity contribution in [2.45, 2.75) is 31.3 Å². The molecule has 1 saturated heterocycles. The van der Waals surface area contributed by atoms with Gasteiger partial charge in [0.25, 0.3) is 0 Å². The number of nitrogens with one attached hydrogen (secondary N) is 1. The van der Waals surface area contributed by atoms with Gasteiger partial charge in [0.05, 0.1) is 7.11 Å². The second-order valence-electron chi connectivity index (χ2n) is 3.06. The summed E-state index contributed by atoms with van der Waals surface area (Å²) in [5.74, 6) is -1.29. The van der Waals surface area contributed by atoms with Gasteiger partial charge < -0.3 is 9.84 Å². The molecule has 1 rings (SSSR count). The molecule has 0 unspecified atom stereocenters. The quantitative estimate of drug-likeness (QED) is 0.653. The first-order valence-corrected chi connectivity index (χ1v) is 4.22. The van der Waals surface area contributed by atoms with Crippen molar-refractivity contribution in [3.05, 3.63) is 0 Å². The number of esters is 1. The molecule has 1 fully saturated rings. The van der Waals surface area contributed by atoms with Crippen LogP contribution in [-0.4, -0.2) is 36.2 Å². The fraction of sp³-hybridized carbons (Fsp3) is 0.750. The van der Waals surface area contributed by atoms with Gasteiger partial charge in [0.1, 0.15) is 12.1 Å². The number of hydrogen-bond donors (Lipinski definition) is 2. The Labute approximate surface area is 88.2 Å². The van der Waals surface area contributed by atoms with Crippen molar-refractivity contribution >= 4 is 24.3 Å². The molecular formula is C8H14ClNO4. The molecule has 0 aromatic rings. The number of carbonyl (C=O) groups is 2. The van der Waals surface area contributed by atoms with E-state index in [0.29, 0.717) is 12.8 Å². The summed E-state index contributed by atoms with van der Waals surface area (Å²) in [6, 6.07) is -1.07. The summed E-state index contributed by atoms with van der Waals surface area (Å²) in [7, 11) is 1.30. The number of ether oxygens (including phenoxy) is 1. The van der Waals surface area contributed by atoms with E-state index in [1.54, 1.807) is 0 Å². The van der Waals surface area contributed by atoms with E-state index >= 15 is 0 Å². The van der Waals surface area contributed by atoms with Crippen LogP contribution in [0.1, 0.15) is 19.3 Å². The standard InChI is InChI=1S/C8H13NO4.ClH/c1-13-8(12)6-4-2-3-5(9-6)7(10)11;/h5-6,9H,2-4H2,1H3,(H,10,11);1H/t5-,6+;/m1./s1. The molecule has 0 saturated carbocycles. The number of carboxylic acid groups (broad SMARTS) is 1. The third-order valence-electron chi connectivity index (χ3n) is 2.17. The normalized spacial score (nSPS) is 26.1. The molecule has 82 valence electrons. The van der Waals surface area contributed by atoms with Crippen molar-refractivity contribution in [2.75, 3.05) is 7.11 Å². The lowest BCUT2D eigenvalue weighted by atomic mass is 9.99. The van der Waals surface area contributed by atoms with Gasteiger partial charge in [-0.2, -0.15) is 0 Å². The maximum Gasteiger partial charge on any atom is 0.322 e. The van der Waals surface area contributed by atoms with E-state index in [-0.39, 0.29) is 18.4 Å². The van der Waals surface area contributed by atoms with Crippen molar-refractivity contribution in [1.29, 1.82) is 0 Å². The summed E-state index contributed by atoms with van der Waals surface area (Å²) in [4.78, 5) is 21.7. The smallest absolute Gasteiger partial charge is 0.322 e. The Kier molecular flexibility index (Phi) is 5.49. The van der Waals surface area contributed by atoms with Crippen LogP contribution >= 0.6 is 12.4 Å². The van der Waals surface area contributed by atoms with E-state index in [2.05, 4.69) is 10.1 Å². The zero-order valence-electron chi connectivity index (χ0n) is 7.86. The van der Waals surface area contributed by atoms with E-state index in [1.165, 1.54) is 7.11 Å². The number of methoxy groups -OCH3 is 1. The molecule has 0 amide bonds. The molecule has 2 atom stereocenters. The number of hydrogen-bond acceptors (Lipinski definition) is 4. The minimum atomic E-state index is -0.909. The highest BCUT2D eigenvalue weighted by Gasteiger charge is 2.30. The summed E-state index contributed by atoms with van der Waals surface area (Å²) in [6.45, 7) is 0. The first-order chi connectivity index (χ1) is 6.15. The summed E-state index contributed by atoms with van der Waals surface area (Å²) in [6.07, 6.45) is 1.96. The summed E-state index contributed by atoms with van der Waals surface area (Å²) >= 11 is 0. The molecule has 0 aromatic heterocycles. The van der Waals surface area contributed by atoms with Gasteiger partial charge in [0.15, 0.2) is 0 Å². The van der Waals surface area contributed by atoms with Gasteiger partial charge in [0.2, 0.25) is 0 Å². The van der Waals surface area contributed by atoms with E-state index in [1.807, 2.05) is 0 Å². The van der Waals surface area contributed by atoms with Crippen LogP contribution in [0.4, 0.5) is 0 Å². The highest BCUT2D eigenvalue weighted by atomic mass is 35.5. The second kappa shape index (κ2) is 5.82. The Morgan fingerprint density at radius 3 is 2.43 bits per heavy atom. The third-order valence-corrected chi connectivity index (χ3v) is 2.17. The maximum atomic E-state index is 11.1. The van der Waals surface area contributed by atoms with E-state index in [4.69, 9.17) is 5.11 Å². The predicted octanol–water partition coefficient (Wildman–Crippen LogP) is 0.176. The molecule has 1 heterocycles. The minimum Gasteiger partial charge on any atom is -0.480 e. The minimum absolute atomic E-state index is 0. The molecule has 0 aliphatic carbocycles. The van der Waals surface area contributed by atoms with E-state index < -0.39 is 18.1 Å². The molecule has 0 aromatic carbocycles. The molecule has 5 nitrogen and oxygen atoms in total. The first-order valence-electron chi connectivity index (χ1n) is 4.22. The SMILES string of the molecule is COC(=O)[C@@H]1CCC[C@H](C(=O)O)N1.Cl. The van der Waals surface area contributed by atoms with Crippen LogP contribution in [0, 0.1) is 0 Å². The van der Waals surface area contributed by atoms with Crippen molar-refractivity contribution < 1.29 is 19.4 Å². The molecule has 0 bridgehead atoms. The Balaban J connectivity index is 0.00000169. The average Bonchev–Trinajstić information content (AvgIpc) is 2.17. The van der Waals surface area contributed by atoms with Gasteiger partial charge in [-0.1, -0.05) is 0 Å². The molecule has 0 radical (unpaired) electrons. The zero-order chi connectivity index (χ0) is 9.84. The van der Waals surface area contributed by atoms with Crippen molar-refractivity contribution in [3.8, 4) is 0 Å². The zero-order valence-corrected chi connectivity index (χ0v) is 8.67. The van der Waals surface area contributed by atoms with Crippen molar-refractivity contribution in [1.82, 2.24) is 5.32 Å². The summed E-state index contributed by atoms with van der Waals surface area (Å²) in [5, 5.41) is 11.4. The Morgan fingerprint density at radius 2 is 1.93 bits per heavy atom. The lowest BCUT2D eigenvalue weighted by Crippen LogP contribution is -2.50. The van der Waals surface area contributed by atoms with Gasteiger partial charge in [-0.05, 0) is 19.3 Å². The Hall–Kier alpha value is -0.810. The number of carbonyl (C=O) groups excluding carboxylic acids is 1. The molecule has 0 spiro atoms. The van der Waals surface area contributed by atoms with Crippen molar-refractivity contribution in [2.24, 2.45) is 0 Å². The van der Waals surface area contributed by atoms with Crippen LogP contribution in [0.3, 0.4) is 0 Å². The number of piperidine rings is 1. The van der Waals surface area contributed by atoms with Crippen molar-refractivity contribution in [3.63, 3.8) is 0 Å². The number of rotatable bonds is 2. The third kappa shape index (κ3) is 3.16. The fourth-order valence-electron chi connectivity index (χ4n) is 1.46. The molecule has 14 heavy (non-hydrogen) atoms. The monoisotopic (exact) mass is 223 g/mol. The Morgan fingerprint density at radius 1 is 1.36 bits per heavy atom. The van der Waals surface area contributed by atoms with Gasteiger partial charge >= 0.3 is 11.9 Å². The highest BCUT2D eigenvalue weighted by molar-refractivity contribution is 5.85. The van der Waals surface area contributed by atoms with Gasteiger partial charge in [-0.25, -0.2) is 0 Å². The fourth-order valence-corrected chi connectivity index (χ4v) is 1.46. The van der Waals surface area contributed by atoms with Gasteiger partial charge in [-0.15, -0.1) is 12.4 Å². The van der Waals surface area contributed by atoms with Crippen LogP contribution in [0.5, 0.6) is 0 Å². The van der Waals surface area contributed by atoms with Crippen LogP contribution in [0.2, 0.25) is 0 Å². The number of aliphatic carboxylic acids is 1.